The van der Waals surface area contributed by atoms with Gasteiger partial charge in [0.25, 0.3) is 5.91 Å². The maximum Gasteiger partial charge on any atom is 0.405 e. The summed E-state index contributed by atoms with van der Waals surface area (Å²) < 4.78 is 2.24. The Hall–Kier alpha value is -5.74. The standard InChI is InChI=1S/C39H40N8O6S2/c1-20(2)30(44-38(50)51)36(48)47-15-7-11-29(47)35-41-25-13-12-22(16-26(25)42-35)23-18-54-33-24(19-55-32(23)33)27-17-40-34(43-27)28-10-6-14-46(28)37(49)31(45-39(52)53)21-8-4-3-5-9-21/h3-5,8-9,12-13,16-20,28-31,44-45H,6-7,10-11,14-15H2,1-2H3,(H,40,43)(H,41,42)(H,50,51)(H,52,53)/t28?,29?,30-,31-/m1/s1. The molecule has 2 unspecified atom stereocenters. The van der Waals surface area contributed by atoms with Gasteiger partial charge in [-0.1, -0.05) is 50.2 Å². The quantitative estimate of drug-likeness (QED) is 0.0821. The molecule has 2 fully saturated rings. The lowest BCUT2D eigenvalue weighted by Gasteiger charge is -2.29. The maximum absolute atomic E-state index is 13.8. The van der Waals surface area contributed by atoms with Crippen molar-refractivity contribution in [1.29, 1.82) is 0 Å². The largest absolute Gasteiger partial charge is 0.465 e. The van der Waals surface area contributed by atoms with Crippen molar-refractivity contribution in [2.24, 2.45) is 5.92 Å². The summed E-state index contributed by atoms with van der Waals surface area (Å²) in [5, 5.41) is 27.9. The number of carbonyl (C=O) groups excluding carboxylic acids is 2. The van der Waals surface area contributed by atoms with Crippen LogP contribution >= 0.6 is 22.7 Å². The zero-order valence-electron chi connectivity index (χ0n) is 30.1. The van der Waals surface area contributed by atoms with E-state index in [4.69, 9.17) is 9.97 Å². The number of aromatic nitrogens is 4. The van der Waals surface area contributed by atoms with Crippen LogP contribution in [-0.2, 0) is 9.59 Å². The van der Waals surface area contributed by atoms with Gasteiger partial charge in [0.15, 0.2) is 0 Å². The summed E-state index contributed by atoms with van der Waals surface area (Å²) in [4.78, 5) is 70.4. The van der Waals surface area contributed by atoms with E-state index >= 15 is 0 Å². The molecule has 14 nitrogen and oxygen atoms in total. The second-order valence-corrected chi connectivity index (χ2v) is 16.1. The zero-order chi connectivity index (χ0) is 38.4. The van der Waals surface area contributed by atoms with Crippen molar-refractivity contribution in [3.63, 3.8) is 0 Å². The number of aromatic amines is 2. The van der Waals surface area contributed by atoms with Crippen molar-refractivity contribution in [3.05, 3.63) is 82.7 Å². The Labute approximate surface area is 323 Å². The fourth-order valence-corrected chi connectivity index (χ4v) is 10.3. The molecule has 0 aliphatic carbocycles. The molecule has 284 valence electrons. The molecule has 2 aliphatic rings. The van der Waals surface area contributed by atoms with Gasteiger partial charge in [0, 0.05) is 35.0 Å². The van der Waals surface area contributed by atoms with Gasteiger partial charge in [0.2, 0.25) is 5.91 Å². The van der Waals surface area contributed by atoms with E-state index in [9.17, 15) is 29.4 Å². The third kappa shape index (κ3) is 6.91. The molecule has 0 bridgehead atoms. The highest BCUT2D eigenvalue weighted by Gasteiger charge is 2.38. The molecule has 4 atom stereocenters. The van der Waals surface area contributed by atoms with Gasteiger partial charge in [0.1, 0.15) is 23.7 Å². The molecule has 4 aromatic heterocycles. The number of thiophene rings is 2. The first kappa shape index (κ1) is 36.2. The monoisotopic (exact) mass is 780 g/mol. The van der Waals surface area contributed by atoms with Crippen LogP contribution in [0.2, 0.25) is 0 Å². The normalized spacial score (nSPS) is 18.3. The van der Waals surface area contributed by atoms with E-state index in [2.05, 4.69) is 43.5 Å². The van der Waals surface area contributed by atoms with Crippen LogP contribution in [0.5, 0.6) is 0 Å². The van der Waals surface area contributed by atoms with E-state index in [1.165, 1.54) is 0 Å². The van der Waals surface area contributed by atoms with Gasteiger partial charge in [-0.2, -0.15) is 0 Å². The Morgan fingerprint density at radius 1 is 0.818 bits per heavy atom. The summed E-state index contributed by atoms with van der Waals surface area (Å²) in [5.41, 5.74) is 6.20. The number of imidazole rings is 2. The molecule has 6 N–H and O–H groups in total. The van der Waals surface area contributed by atoms with Crippen molar-refractivity contribution < 1.29 is 29.4 Å². The smallest absolute Gasteiger partial charge is 0.405 e. The van der Waals surface area contributed by atoms with Crippen LogP contribution < -0.4 is 10.6 Å². The molecule has 16 heteroatoms. The van der Waals surface area contributed by atoms with E-state index in [-0.39, 0.29) is 29.8 Å². The molecule has 55 heavy (non-hydrogen) atoms. The fraction of sp³-hybridized carbons (Fsp3) is 0.333. The number of hydrogen-bond acceptors (Lipinski definition) is 8. The lowest BCUT2D eigenvalue weighted by Crippen LogP contribution is -2.50. The number of amides is 4. The molecule has 2 aliphatic heterocycles. The second-order valence-electron chi connectivity index (χ2n) is 14.3. The lowest BCUT2D eigenvalue weighted by molar-refractivity contribution is -0.135. The molecule has 8 rings (SSSR count). The Bertz CT molecular complexity index is 2400. The Balaban J connectivity index is 1.02. The summed E-state index contributed by atoms with van der Waals surface area (Å²) in [6, 6.07) is 12.6. The number of rotatable bonds is 10. The number of nitrogens with one attached hydrogen (secondary N) is 4. The first-order chi connectivity index (χ1) is 26.6. The molecule has 4 amide bonds. The van der Waals surface area contributed by atoms with Gasteiger partial charge >= 0.3 is 12.2 Å². The molecule has 6 heterocycles. The van der Waals surface area contributed by atoms with E-state index in [0.717, 1.165) is 62.1 Å². The minimum atomic E-state index is -1.26. The van der Waals surface area contributed by atoms with Gasteiger partial charge in [-0.25, -0.2) is 19.6 Å². The van der Waals surface area contributed by atoms with Gasteiger partial charge < -0.3 is 40.6 Å². The van der Waals surface area contributed by atoms with Crippen molar-refractivity contribution in [1.82, 2.24) is 40.4 Å². The van der Waals surface area contributed by atoms with E-state index in [1.807, 2.05) is 26.0 Å². The number of nitrogens with zero attached hydrogens (tertiary/aromatic N) is 4. The minimum Gasteiger partial charge on any atom is -0.465 e. The van der Waals surface area contributed by atoms with Gasteiger partial charge in [-0.3, -0.25) is 9.59 Å². The average Bonchev–Trinajstić information content (AvgIpc) is 4.02. The van der Waals surface area contributed by atoms with Crippen LogP contribution in [-0.4, -0.2) is 83.1 Å². The predicted octanol–water partition coefficient (Wildman–Crippen LogP) is 7.52. The number of H-pyrrole nitrogens is 2. The minimum absolute atomic E-state index is 0.199. The van der Waals surface area contributed by atoms with E-state index in [1.54, 1.807) is 62.9 Å². The van der Waals surface area contributed by atoms with E-state index < -0.39 is 24.3 Å². The van der Waals surface area contributed by atoms with Gasteiger partial charge in [0.05, 0.1) is 44.4 Å². The molecule has 0 spiro atoms. The number of likely N-dealkylation sites (tertiary alicyclic amines) is 2. The Morgan fingerprint density at radius 3 is 2.16 bits per heavy atom. The summed E-state index contributed by atoms with van der Waals surface area (Å²) >= 11 is 3.30. The Kier molecular flexibility index (Phi) is 9.77. The highest BCUT2D eigenvalue weighted by atomic mass is 32.1. The van der Waals surface area contributed by atoms with Crippen molar-refractivity contribution >= 4 is 67.1 Å². The molecule has 2 saturated heterocycles. The lowest BCUT2D eigenvalue weighted by atomic mass is 10.0. The van der Waals surface area contributed by atoms with Crippen LogP contribution in [0.1, 0.15) is 74.9 Å². The number of carboxylic acid groups (broad SMARTS) is 2. The first-order valence-electron chi connectivity index (χ1n) is 18.3. The highest BCUT2D eigenvalue weighted by Crippen LogP contribution is 2.45. The first-order valence-corrected chi connectivity index (χ1v) is 20.0. The van der Waals surface area contributed by atoms with E-state index in [0.29, 0.717) is 36.7 Å². The topological polar surface area (TPSA) is 197 Å². The van der Waals surface area contributed by atoms with Crippen LogP contribution in [0.15, 0.2) is 65.5 Å². The Morgan fingerprint density at radius 2 is 1.47 bits per heavy atom. The molecular weight excluding hydrogens is 741 g/mol. The summed E-state index contributed by atoms with van der Waals surface area (Å²) in [6.07, 6.45) is 2.35. The highest BCUT2D eigenvalue weighted by molar-refractivity contribution is 7.27. The zero-order valence-corrected chi connectivity index (χ0v) is 31.7. The second kappa shape index (κ2) is 14.8. The fourth-order valence-electron chi connectivity index (χ4n) is 7.88. The molecular formula is C39H40N8O6S2. The van der Waals surface area contributed by atoms with Gasteiger partial charge in [-0.05, 0) is 54.9 Å². The summed E-state index contributed by atoms with van der Waals surface area (Å²) in [6.45, 7) is 4.70. The number of fused-ring (bicyclic) bond motifs is 2. The van der Waals surface area contributed by atoms with Crippen LogP contribution in [0.25, 0.3) is 42.8 Å². The maximum atomic E-state index is 13.8. The van der Waals surface area contributed by atoms with Crippen molar-refractivity contribution in [3.8, 4) is 22.4 Å². The molecule has 0 radical (unpaired) electrons. The number of carbonyl (C=O) groups is 4. The van der Waals surface area contributed by atoms with Crippen molar-refractivity contribution in [2.45, 2.75) is 63.7 Å². The summed E-state index contributed by atoms with van der Waals surface area (Å²) in [5.74, 6) is 0.612. The molecule has 6 aromatic rings. The molecule has 2 aromatic carbocycles. The summed E-state index contributed by atoms with van der Waals surface area (Å²) in [7, 11) is 0. The van der Waals surface area contributed by atoms with Crippen LogP contribution in [0.3, 0.4) is 0 Å². The number of hydrogen-bond donors (Lipinski definition) is 6. The van der Waals surface area contributed by atoms with Crippen LogP contribution in [0, 0.1) is 5.92 Å². The number of benzene rings is 2. The van der Waals surface area contributed by atoms with Crippen LogP contribution in [0.4, 0.5) is 9.59 Å². The van der Waals surface area contributed by atoms with Crippen molar-refractivity contribution in [2.75, 3.05) is 13.1 Å². The molecule has 0 saturated carbocycles. The average molecular weight is 781 g/mol. The third-order valence-corrected chi connectivity index (χ3v) is 12.7. The SMILES string of the molecule is CC(C)[C@@H](NC(=O)O)C(=O)N1CCCC1c1nc2cc(-c3csc4c(-c5cnc(C6CCCN6C(=O)[C@H](NC(=O)O)c6ccccc6)[nH]5)csc34)ccc2[nH]1. The third-order valence-electron chi connectivity index (χ3n) is 10.5. The van der Waals surface area contributed by atoms with Gasteiger partial charge in [-0.15, -0.1) is 22.7 Å². The predicted molar refractivity (Wildman–Crippen MR) is 210 cm³/mol.